The number of methoxy groups -OCH3 is 1. The molecule has 1 aromatic carbocycles. The Bertz CT molecular complexity index is 858. The third kappa shape index (κ3) is 6.84. The number of aromatic nitrogens is 2. The molecule has 7 nitrogen and oxygen atoms in total. The van der Waals surface area contributed by atoms with Crippen LogP contribution in [0.5, 0.6) is 5.75 Å². The predicted molar refractivity (Wildman–Crippen MR) is 142 cm³/mol. The van der Waals surface area contributed by atoms with Crippen LogP contribution in [0.15, 0.2) is 29.3 Å². The molecule has 0 bridgehead atoms. The molecule has 2 heterocycles. The summed E-state index contributed by atoms with van der Waals surface area (Å²) in [7, 11) is 3.71. The first-order valence-corrected chi connectivity index (χ1v) is 11.4. The molecular weight excluding hydrogens is 515 g/mol. The van der Waals surface area contributed by atoms with Crippen molar-refractivity contribution >= 4 is 29.9 Å². The van der Waals surface area contributed by atoms with Crippen molar-refractivity contribution in [1.82, 2.24) is 25.3 Å². The highest BCUT2D eigenvalue weighted by atomic mass is 127. The van der Waals surface area contributed by atoms with E-state index in [9.17, 15) is 0 Å². The maximum atomic E-state index is 5.34. The molecule has 32 heavy (non-hydrogen) atoms. The van der Waals surface area contributed by atoms with Crippen LogP contribution in [0.2, 0.25) is 0 Å². The molecule has 1 aliphatic rings. The molecule has 1 fully saturated rings. The number of benzene rings is 1. The summed E-state index contributed by atoms with van der Waals surface area (Å²) in [6.07, 6.45) is 3.46. The Morgan fingerprint density at radius 3 is 2.41 bits per heavy atom. The van der Waals surface area contributed by atoms with Crippen molar-refractivity contribution in [2.45, 2.75) is 46.1 Å². The fourth-order valence-corrected chi connectivity index (χ4v) is 4.32. The maximum Gasteiger partial charge on any atom is 0.191 e. The van der Waals surface area contributed by atoms with Crippen LogP contribution in [0.3, 0.4) is 0 Å². The normalized spacial score (nSPS) is 15.3. The Labute approximate surface area is 210 Å². The van der Waals surface area contributed by atoms with Gasteiger partial charge >= 0.3 is 0 Å². The summed E-state index contributed by atoms with van der Waals surface area (Å²) in [6.45, 7) is 11.0. The third-order valence-electron chi connectivity index (χ3n) is 6.17. The third-order valence-corrected chi connectivity index (χ3v) is 6.17. The molecule has 1 unspecified atom stereocenters. The SMILES string of the molecule is CCNC(=NCC(c1ccc(OC)cc1)N1CCCC1)NCCc1c(C)nn(C)c1C.I. The molecule has 1 aliphatic heterocycles. The van der Waals surface area contributed by atoms with E-state index in [4.69, 9.17) is 9.73 Å². The molecule has 0 aliphatic carbocycles. The Balaban J connectivity index is 0.00000363. The van der Waals surface area contributed by atoms with Crippen molar-refractivity contribution < 1.29 is 4.74 Å². The van der Waals surface area contributed by atoms with E-state index >= 15 is 0 Å². The van der Waals surface area contributed by atoms with Gasteiger partial charge in [0, 0.05) is 25.8 Å². The van der Waals surface area contributed by atoms with Crippen LogP contribution < -0.4 is 15.4 Å². The lowest BCUT2D eigenvalue weighted by Crippen LogP contribution is -2.39. The summed E-state index contributed by atoms with van der Waals surface area (Å²) in [5.74, 6) is 1.77. The van der Waals surface area contributed by atoms with Crippen molar-refractivity contribution in [2.75, 3.05) is 39.8 Å². The largest absolute Gasteiger partial charge is 0.497 e. The molecule has 0 saturated carbocycles. The van der Waals surface area contributed by atoms with E-state index in [1.807, 2.05) is 23.9 Å². The molecule has 178 valence electrons. The average molecular weight is 555 g/mol. The first-order chi connectivity index (χ1) is 15.0. The molecular formula is C24H39IN6O. The lowest BCUT2D eigenvalue weighted by molar-refractivity contribution is 0.251. The molecule has 0 amide bonds. The van der Waals surface area contributed by atoms with E-state index in [1.165, 1.54) is 29.7 Å². The quantitative estimate of drug-likeness (QED) is 0.282. The van der Waals surface area contributed by atoms with E-state index in [0.717, 1.165) is 56.5 Å². The van der Waals surface area contributed by atoms with E-state index in [-0.39, 0.29) is 30.0 Å². The van der Waals surface area contributed by atoms with Crippen molar-refractivity contribution in [3.05, 3.63) is 46.8 Å². The Hall–Kier alpha value is -1.81. The van der Waals surface area contributed by atoms with Crippen LogP contribution in [0.4, 0.5) is 0 Å². The van der Waals surface area contributed by atoms with Crippen LogP contribution in [-0.4, -0.2) is 60.5 Å². The highest BCUT2D eigenvalue weighted by Gasteiger charge is 2.23. The number of aryl methyl sites for hydroxylation is 2. The Morgan fingerprint density at radius 1 is 1.16 bits per heavy atom. The number of guanidine groups is 1. The second-order valence-corrected chi connectivity index (χ2v) is 8.20. The molecule has 3 rings (SSSR count). The minimum atomic E-state index is 0. The van der Waals surface area contributed by atoms with E-state index in [0.29, 0.717) is 0 Å². The van der Waals surface area contributed by atoms with Crippen molar-refractivity contribution in [3.63, 3.8) is 0 Å². The first-order valence-electron chi connectivity index (χ1n) is 11.4. The average Bonchev–Trinajstić information content (AvgIpc) is 3.38. The number of hydrogen-bond acceptors (Lipinski definition) is 4. The van der Waals surface area contributed by atoms with Gasteiger partial charge in [0.1, 0.15) is 5.75 Å². The molecule has 1 saturated heterocycles. The summed E-state index contributed by atoms with van der Waals surface area (Å²) in [5.41, 5.74) is 4.95. The number of nitrogens with zero attached hydrogens (tertiary/aromatic N) is 4. The standard InChI is InChI=1S/C24H38N6O.HI/c1-6-25-24(26-14-13-22-18(2)28-29(4)19(22)3)27-17-23(30-15-7-8-16-30)20-9-11-21(31-5)12-10-20;/h9-12,23H,6-8,13-17H2,1-5H3,(H2,25,26,27);1H. The number of nitrogens with one attached hydrogen (secondary N) is 2. The van der Waals surface area contributed by atoms with Gasteiger partial charge in [-0.05, 0) is 76.4 Å². The summed E-state index contributed by atoms with van der Waals surface area (Å²) in [4.78, 5) is 7.51. The summed E-state index contributed by atoms with van der Waals surface area (Å²) >= 11 is 0. The van der Waals surface area contributed by atoms with Gasteiger partial charge in [0.2, 0.25) is 0 Å². The highest BCUT2D eigenvalue weighted by Crippen LogP contribution is 2.27. The number of hydrogen-bond donors (Lipinski definition) is 2. The number of rotatable bonds is 9. The number of aliphatic imine (C=N–C) groups is 1. The lowest BCUT2D eigenvalue weighted by Gasteiger charge is -2.27. The minimum absolute atomic E-state index is 0. The van der Waals surface area contributed by atoms with Crippen molar-refractivity contribution in [3.8, 4) is 5.75 Å². The zero-order valence-corrected chi connectivity index (χ0v) is 22.5. The van der Waals surface area contributed by atoms with Crippen molar-refractivity contribution in [1.29, 1.82) is 0 Å². The van der Waals surface area contributed by atoms with E-state index in [1.54, 1.807) is 7.11 Å². The number of likely N-dealkylation sites (tertiary alicyclic amines) is 1. The fraction of sp³-hybridized carbons (Fsp3) is 0.583. The van der Waals surface area contributed by atoms with Gasteiger partial charge in [-0.15, -0.1) is 24.0 Å². The number of halogens is 1. The molecule has 0 spiro atoms. The van der Waals surface area contributed by atoms with Gasteiger partial charge in [-0.2, -0.15) is 5.10 Å². The first kappa shape index (κ1) is 26.4. The van der Waals surface area contributed by atoms with Crippen LogP contribution in [0.25, 0.3) is 0 Å². The fourth-order valence-electron chi connectivity index (χ4n) is 4.32. The topological polar surface area (TPSA) is 66.7 Å². The van der Waals surface area contributed by atoms with Gasteiger partial charge in [-0.25, -0.2) is 0 Å². The van der Waals surface area contributed by atoms with Gasteiger partial charge in [0.05, 0.1) is 25.4 Å². The number of ether oxygens (including phenoxy) is 1. The van der Waals surface area contributed by atoms with E-state index in [2.05, 4.69) is 53.5 Å². The summed E-state index contributed by atoms with van der Waals surface area (Å²) < 4.78 is 7.29. The van der Waals surface area contributed by atoms with Crippen LogP contribution in [-0.2, 0) is 13.5 Å². The molecule has 2 N–H and O–H groups in total. The second-order valence-electron chi connectivity index (χ2n) is 8.20. The molecule has 2 aromatic rings. The van der Waals surface area contributed by atoms with Gasteiger partial charge in [0.25, 0.3) is 0 Å². The monoisotopic (exact) mass is 554 g/mol. The highest BCUT2D eigenvalue weighted by molar-refractivity contribution is 14.0. The molecule has 1 aromatic heterocycles. The van der Waals surface area contributed by atoms with Gasteiger partial charge in [-0.1, -0.05) is 12.1 Å². The second kappa shape index (κ2) is 13.0. The zero-order valence-electron chi connectivity index (χ0n) is 20.1. The van der Waals surface area contributed by atoms with Crippen LogP contribution in [0.1, 0.15) is 48.3 Å². The van der Waals surface area contributed by atoms with Crippen LogP contribution >= 0.6 is 24.0 Å². The molecule has 1 atom stereocenters. The van der Waals surface area contributed by atoms with Crippen LogP contribution in [0, 0.1) is 13.8 Å². The Morgan fingerprint density at radius 2 is 1.84 bits per heavy atom. The van der Waals surface area contributed by atoms with Gasteiger partial charge in [-0.3, -0.25) is 14.6 Å². The summed E-state index contributed by atoms with van der Waals surface area (Å²) in [6, 6.07) is 8.72. The predicted octanol–water partition coefficient (Wildman–Crippen LogP) is 3.60. The summed E-state index contributed by atoms with van der Waals surface area (Å²) in [5, 5.41) is 11.4. The smallest absolute Gasteiger partial charge is 0.191 e. The van der Waals surface area contributed by atoms with E-state index < -0.39 is 0 Å². The molecule has 0 radical (unpaired) electrons. The van der Waals surface area contributed by atoms with Crippen molar-refractivity contribution in [2.24, 2.45) is 12.0 Å². The molecule has 8 heteroatoms. The zero-order chi connectivity index (χ0) is 22.2. The maximum absolute atomic E-state index is 5.34. The minimum Gasteiger partial charge on any atom is -0.497 e. The Kier molecular flexibility index (Phi) is 10.8. The lowest BCUT2D eigenvalue weighted by atomic mass is 10.1. The van der Waals surface area contributed by atoms with Gasteiger partial charge in [0.15, 0.2) is 5.96 Å². The van der Waals surface area contributed by atoms with Gasteiger partial charge < -0.3 is 15.4 Å².